The summed E-state index contributed by atoms with van der Waals surface area (Å²) in [4.78, 5) is 11.2. The third-order valence-electron chi connectivity index (χ3n) is 3.39. The molecule has 1 aliphatic carbocycles. The SMILES string of the molecule is C=CCC1C[C@@H](O)CC[C@@]1(C)C(=O)O. The Labute approximate surface area is 84.4 Å². The minimum Gasteiger partial charge on any atom is -0.481 e. The topological polar surface area (TPSA) is 57.5 Å². The van der Waals surface area contributed by atoms with Crippen molar-refractivity contribution in [1.82, 2.24) is 0 Å². The van der Waals surface area contributed by atoms with E-state index in [2.05, 4.69) is 6.58 Å². The van der Waals surface area contributed by atoms with Gasteiger partial charge < -0.3 is 10.2 Å². The summed E-state index contributed by atoms with van der Waals surface area (Å²) in [5.74, 6) is -0.738. The average Bonchev–Trinajstić information content (AvgIpc) is 2.12. The van der Waals surface area contributed by atoms with E-state index in [1.165, 1.54) is 0 Å². The van der Waals surface area contributed by atoms with Crippen LogP contribution in [0, 0.1) is 11.3 Å². The number of aliphatic hydroxyl groups excluding tert-OH is 1. The van der Waals surface area contributed by atoms with E-state index in [0.717, 1.165) is 0 Å². The van der Waals surface area contributed by atoms with Crippen LogP contribution >= 0.6 is 0 Å². The molecular formula is C11H18O3. The second kappa shape index (κ2) is 4.13. The average molecular weight is 198 g/mol. The minimum atomic E-state index is -0.753. The molecule has 3 atom stereocenters. The summed E-state index contributed by atoms with van der Waals surface area (Å²) < 4.78 is 0. The molecule has 0 aliphatic heterocycles. The van der Waals surface area contributed by atoms with E-state index in [-0.39, 0.29) is 12.0 Å². The van der Waals surface area contributed by atoms with Crippen molar-refractivity contribution < 1.29 is 15.0 Å². The van der Waals surface area contributed by atoms with Crippen LogP contribution in [-0.4, -0.2) is 22.3 Å². The highest BCUT2D eigenvalue weighted by Gasteiger charge is 2.44. The van der Waals surface area contributed by atoms with Crippen molar-refractivity contribution in [2.24, 2.45) is 11.3 Å². The number of allylic oxidation sites excluding steroid dienone is 1. The molecule has 0 aromatic heterocycles. The minimum absolute atomic E-state index is 0.0150. The highest BCUT2D eigenvalue weighted by Crippen LogP contribution is 2.43. The van der Waals surface area contributed by atoms with Crippen LogP contribution < -0.4 is 0 Å². The van der Waals surface area contributed by atoms with E-state index in [1.807, 2.05) is 0 Å². The predicted molar refractivity (Wildman–Crippen MR) is 53.9 cm³/mol. The Bertz CT molecular complexity index is 237. The molecule has 0 aromatic rings. The molecular weight excluding hydrogens is 180 g/mol. The summed E-state index contributed by atoms with van der Waals surface area (Å²) in [6.07, 6.45) is 3.80. The number of aliphatic carboxylic acids is 1. The molecule has 0 aromatic carbocycles. The number of carbonyl (C=O) groups is 1. The Balaban J connectivity index is 2.81. The lowest BCUT2D eigenvalue weighted by atomic mass is 9.65. The molecule has 80 valence electrons. The van der Waals surface area contributed by atoms with Crippen molar-refractivity contribution in [3.8, 4) is 0 Å². The van der Waals surface area contributed by atoms with Gasteiger partial charge in [-0.05, 0) is 38.5 Å². The van der Waals surface area contributed by atoms with E-state index in [0.29, 0.717) is 25.7 Å². The zero-order chi connectivity index (χ0) is 10.8. The van der Waals surface area contributed by atoms with E-state index in [4.69, 9.17) is 5.11 Å². The van der Waals surface area contributed by atoms with Gasteiger partial charge >= 0.3 is 5.97 Å². The summed E-state index contributed by atoms with van der Waals surface area (Å²) in [6, 6.07) is 0. The molecule has 3 nitrogen and oxygen atoms in total. The quantitative estimate of drug-likeness (QED) is 0.680. The lowest BCUT2D eigenvalue weighted by Gasteiger charge is -2.39. The normalized spacial score (nSPS) is 37.9. The first-order chi connectivity index (χ1) is 6.50. The first-order valence-electron chi connectivity index (χ1n) is 5.03. The van der Waals surface area contributed by atoms with Gasteiger partial charge in [0.2, 0.25) is 0 Å². The Hall–Kier alpha value is -0.830. The Morgan fingerprint density at radius 1 is 1.71 bits per heavy atom. The van der Waals surface area contributed by atoms with Crippen molar-refractivity contribution >= 4 is 5.97 Å². The molecule has 0 heterocycles. The predicted octanol–water partition coefficient (Wildman–Crippen LogP) is 1.81. The maximum absolute atomic E-state index is 11.2. The molecule has 14 heavy (non-hydrogen) atoms. The second-order valence-electron chi connectivity index (χ2n) is 4.37. The molecule has 0 radical (unpaired) electrons. The lowest BCUT2D eigenvalue weighted by Crippen LogP contribution is -2.42. The fraction of sp³-hybridized carbons (Fsp3) is 0.727. The van der Waals surface area contributed by atoms with Gasteiger partial charge in [-0.3, -0.25) is 4.79 Å². The first kappa shape index (κ1) is 11.2. The summed E-state index contributed by atoms with van der Waals surface area (Å²) in [6.45, 7) is 5.40. The van der Waals surface area contributed by atoms with Crippen molar-refractivity contribution in [3.63, 3.8) is 0 Å². The van der Waals surface area contributed by atoms with Crippen LogP contribution in [0.1, 0.15) is 32.6 Å². The fourth-order valence-electron chi connectivity index (χ4n) is 2.22. The van der Waals surface area contributed by atoms with Crippen molar-refractivity contribution in [3.05, 3.63) is 12.7 Å². The number of hydrogen-bond acceptors (Lipinski definition) is 2. The van der Waals surface area contributed by atoms with Crippen molar-refractivity contribution in [1.29, 1.82) is 0 Å². The van der Waals surface area contributed by atoms with Crippen LogP contribution in [0.25, 0.3) is 0 Å². The maximum atomic E-state index is 11.2. The van der Waals surface area contributed by atoms with Gasteiger partial charge in [0.15, 0.2) is 0 Å². The Morgan fingerprint density at radius 3 is 2.86 bits per heavy atom. The molecule has 0 amide bonds. The third-order valence-corrected chi connectivity index (χ3v) is 3.39. The summed E-state index contributed by atoms with van der Waals surface area (Å²) in [5, 5.41) is 18.7. The zero-order valence-corrected chi connectivity index (χ0v) is 8.57. The van der Waals surface area contributed by atoms with Crippen molar-refractivity contribution in [2.75, 3.05) is 0 Å². The van der Waals surface area contributed by atoms with E-state index in [9.17, 15) is 9.90 Å². The highest BCUT2D eigenvalue weighted by molar-refractivity contribution is 5.74. The molecule has 1 aliphatic rings. The van der Waals surface area contributed by atoms with Gasteiger partial charge in [0, 0.05) is 0 Å². The van der Waals surface area contributed by atoms with Crippen LogP contribution in [0.3, 0.4) is 0 Å². The number of rotatable bonds is 3. The molecule has 1 fully saturated rings. The van der Waals surface area contributed by atoms with Crippen LogP contribution in [0.5, 0.6) is 0 Å². The van der Waals surface area contributed by atoms with Crippen LogP contribution in [0.4, 0.5) is 0 Å². The molecule has 1 unspecified atom stereocenters. The van der Waals surface area contributed by atoms with Gasteiger partial charge in [0.1, 0.15) is 0 Å². The summed E-state index contributed by atoms with van der Waals surface area (Å²) in [5.41, 5.74) is -0.687. The smallest absolute Gasteiger partial charge is 0.309 e. The van der Waals surface area contributed by atoms with Gasteiger partial charge in [-0.25, -0.2) is 0 Å². The number of carboxylic acid groups (broad SMARTS) is 1. The largest absolute Gasteiger partial charge is 0.481 e. The van der Waals surface area contributed by atoms with E-state index in [1.54, 1.807) is 13.0 Å². The van der Waals surface area contributed by atoms with Gasteiger partial charge in [0.25, 0.3) is 0 Å². The maximum Gasteiger partial charge on any atom is 0.309 e. The Morgan fingerprint density at radius 2 is 2.36 bits per heavy atom. The van der Waals surface area contributed by atoms with Gasteiger partial charge in [0.05, 0.1) is 11.5 Å². The van der Waals surface area contributed by atoms with Crippen LogP contribution in [0.15, 0.2) is 12.7 Å². The summed E-state index contributed by atoms with van der Waals surface area (Å²) in [7, 11) is 0. The highest BCUT2D eigenvalue weighted by atomic mass is 16.4. The van der Waals surface area contributed by atoms with Crippen molar-refractivity contribution in [2.45, 2.75) is 38.7 Å². The van der Waals surface area contributed by atoms with Gasteiger partial charge in [-0.15, -0.1) is 6.58 Å². The molecule has 3 heteroatoms. The molecule has 2 N–H and O–H groups in total. The number of carboxylic acids is 1. The molecule has 0 bridgehead atoms. The number of aliphatic hydroxyl groups is 1. The second-order valence-corrected chi connectivity index (χ2v) is 4.37. The molecule has 1 rings (SSSR count). The third kappa shape index (κ3) is 1.98. The number of hydrogen-bond donors (Lipinski definition) is 2. The zero-order valence-electron chi connectivity index (χ0n) is 8.57. The Kier molecular flexibility index (Phi) is 3.32. The van der Waals surface area contributed by atoms with Crippen LogP contribution in [-0.2, 0) is 4.79 Å². The monoisotopic (exact) mass is 198 g/mol. The molecule has 0 spiro atoms. The molecule has 0 saturated heterocycles. The van der Waals surface area contributed by atoms with Crippen LogP contribution in [0.2, 0.25) is 0 Å². The lowest BCUT2D eigenvalue weighted by molar-refractivity contribution is -0.155. The fourth-order valence-corrected chi connectivity index (χ4v) is 2.22. The standard InChI is InChI=1S/C11H18O3/c1-3-4-8-7-9(12)5-6-11(8,2)10(13)14/h3,8-9,12H,1,4-7H2,2H3,(H,13,14)/t8?,9-,11+/m0/s1. The molecule has 1 saturated carbocycles. The van der Waals surface area contributed by atoms with Gasteiger partial charge in [-0.1, -0.05) is 6.08 Å². The first-order valence-corrected chi connectivity index (χ1v) is 5.03. The summed E-state index contributed by atoms with van der Waals surface area (Å²) >= 11 is 0. The van der Waals surface area contributed by atoms with E-state index < -0.39 is 11.4 Å². The van der Waals surface area contributed by atoms with Gasteiger partial charge in [-0.2, -0.15) is 0 Å². The van der Waals surface area contributed by atoms with E-state index >= 15 is 0 Å².